The van der Waals surface area contributed by atoms with Crippen molar-refractivity contribution in [3.05, 3.63) is 100 Å². The van der Waals surface area contributed by atoms with Crippen LogP contribution in [0, 0.1) is 0 Å². The number of ether oxygens (including phenoxy) is 2. The Labute approximate surface area is 241 Å². The first kappa shape index (κ1) is 31.5. The van der Waals surface area contributed by atoms with Crippen molar-refractivity contribution in [1.29, 1.82) is 0 Å². The zero-order chi connectivity index (χ0) is 31.8. The Kier molecular flexibility index (Phi) is 8.33. The molecule has 7 nitrogen and oxygen atoms in total. The summed E-state index contributed by atoms with van der Waals surface area (Å²) in [4.78, 5) is 30.4. The van der Waals surface area contributed by atoms with Crippen LogP contribution in [0.5, 0.6) is 5.75 Å². The van der Waals surface area contributed by atoms with Gasteiger partial charge < -0.3 is 14.6 Å². The first-order chi connectivity index (χ1) is 19.9. The highest BCUT2D eigenvalue weighted by molar-refractivity contribution is 5.80. The summed E-state index contributed by atoms with van der Waals surface area (Å²) in [5.74, 6) is -0.393. The molecular formula is C30H26F6N2O5. The molecule has 0 aliphatic rings. The number of halogens is 6. The molecular weight excluding hydrogens is 582 g/mol. The number of carbonyl (C=O) groups is 1. The van der Waals surface area contributed by atoms with Gasteiger partial charge in [-0.3, -0.25) is 9.36 Å². The Balaban J connectivity index is 1.81. The van der Waals surface area contributed by atoms with Crippen LogP contribution in [0.3, 0.4) is 0 Å². The minimum absolute atomic E-state index is 0.00432. The van der Waals surface area contributed by atoms with Gasteiger partial charge in [0.1, 0.15) is 17.2 Å². The van der Waals surface area contributed by atoms with Crippen LogP contribution in [-0.4, -0.2) is 45.2 Å². The lowest BCUT2D eigenvalue weighted by atomic mass is 9.92. The van der Waals surface area contributed by atoms with Crippen molar-refractivity contribution in [3.8, 4) is 11.4 Å². The number of benzene rings is 3. The van der Waals surface area contributed by atoms with Crippen LogP contribution in [0.2, 0.25) is 0 Å². The highest BCUT2D eigenvalue weighted by atomic mass is 19.4. The maximum absolute atomic E-state index is 13.8. The third-order valence-corrected chi connectivity index (χ3v) is 6.25. The van der Waals surface area contributed by atoms with Crippen LogP contribution in [0.1, 0.15) is 37.7 Å². The number of hydrogen-bond acceptors (Lipinski definition) is 6. The van der Waals surface area contributed by atoms with Crippen molar-refractivity contribution >= 4 is 16.9 Å². The first-order valence-electron chi connectivity index (χ1n) is 12.8. The van der Waals surface area contributed by atoms with Gasteiger partial charge in [0.05, 0.1) is 16.6 Å². The molecule has 1 aromatic heterocycles. The molecule has 43 heavy (non-hydrogen) atoms. The fourth-order valence-electron chi connectivity index (χ4n) is 4.32. The molecule has 4 aromatic rings. The predicted octanol–water partition coefficient (Wildman–Crippen LogP) is 6.01. The van der Waals surface area contributed by atoms with Gasteiger partial charge in [0.15, 0.2) is 6.61 Å². The summed E-state index contributed by atoms with van der Waals surface area (Å²) in [5, 5.41) is 9.77. The van der Waals surface area contributed by atoms with Gasteiger partial charge in [-0.05, 0) is 56.7 Å². The number of esters is 1. The average molecular weight is 609 g/mol. The second kappa shape index (κ2) is 11.4. The predicted molar refractivity (Wildman–Crippen MR) is 144 cm³/mol. The van der Waals surface area contributed by atoms with Gasteiger partial charge >= 0.3 is 18.3 Å². The molecule has 1 N–H and O–H groups in total. The van der Waals surface area contributed by atoms with E-state index in [0.29, 0.717) is 12.1 Å². The molecule has 0 atom stereocenters. The molecule has 0 unspecified atom stereocenters. The van der Waals surface area contributed by atoms with Crippen molar-refractivity contribution < 1.29 is 45.7 Å². The number of aliphatic hydroxyl groups is 1. The van der Waals surface area contributed by atoms with Gasteiger partial charge in [-0.1, -0.05) is 42.5 Å². The van der Waals surface area contributed by atoms with E-state index in [0.717, 1.165) is 22.3 Å². The lowest BCUT2D eigenvalue weighted by molar-refractivity contribution is -0.376. The van der Waals surface area contributed by atoms with Crippen LogP contribution in [0.15, 0.2) is 77.6 Å². The van der Waals surface area contributed by atoms with Gasteiger partial charge in [-0.25, -0.2) is 9.78 Å². The van der Waals surface area contributed by atoms with Crippen molar-refractivity contribution in [2.24, 2.45) is 0 Å². The SMILES string of the molecule is CC(C)(C)OC(=O)COc1ccc2nc(Cc3ccccc3)n(-c3ccc(C(O)(C(F)(F)F)C(F)(F)F)cc3)c(=O)c2c1. The third kappa shape index (κ3) is 6.66. The van der Waals surface area contributed by atoms with Crippen LogP contribution in [0.4, 0.5) is 26.3 Å². The zero-order valence-electron chi connectivity index (χ0n) is 23.1. The Hall–Kier alpha value is -4.39. The van der Waals surface area contributed by atoms with Gasteiger partial charge in [-0.15, -0.1) is 0 Å². The first-order valence-corrected chi connectivity index (χ1v) is 12.8. The number of rotatable bonds is 7. The monoisotopic (exact) mass is 608 g/mol. The maximum Gasteiger partial charge on any atom is 0.430 e. The molecule has 0 aliphatic heterocycles. The molecule has 0 aliphatic carbocycles. The summed E-state index contributed by atoms with van der Waals surface area (Å²) in [6.45, 7) is 4.59. The summed E-state index contributed by atoms with van der Waals surface area (Å²) in [5.41, 5.74) is -7.19. The topological polar surface area (TPSA) is 90.7 Å². The third-order valence-electron chi connectivity index (χ3n) is 6.25. The second-order valence-corrected chi connectivity index (χ2v) is 10.6. The van der Waals surface area contributed by atoms with Gasteiger partial charge in [0.2, 0.25) is 0 Å². The van der Waals surface area contributed by atoms with Crippen LogP contribution >= 0.6 is 0 Å². The lowest BCUT2D eigenvalue weighted by Crippen LogP contribution is -2.53. The van der Waals surface area contributed by atoms with Crippen LogP contribution in [-0.2, 0) is 21.6 Å². The summed E-state index contributed by atoms with van der Waals surface area (Å²) < 4.78 is 92.2. The van der Waals surface area contributed by atoms with Crippen LogP contribution in [0.25, 0.3) is 16.6 Å². The Morgan fingerprint density at radius 1 is 0.884 bits per heavy atom. The fourth-order valence-corrected chi connectivity index (χ4v) is 4.32. The van der Waals surface area contributed by atoms with Crippen molar-refractivity contribution in [2.75, 3.05) is 6.61 Å². The smallest absolute Gasteiger partial charge is 0.430 e. The number of fused-ring (bicyclic) bond motifs is 1. The van der Waals surface area contributed by atoms with E-state index in [1.807, 2.05) is 0 Å². The molecule has 0 fully saturated rings. The highest BCUT2D eigenvalue weighted by Gasteiger charge is 2.71. The molecule has 0 spiro atoms. The van der Waals surface area contributed by atoms with E-state index in [-0.39, 0.29) is 34.6 Å². The van der Waals surface area contributed by atoms with E-state index in [1.54, 1.807) is 51.1 Å². The van der Waals surface area contributed by atoms with E-state index in [4.69, 9.17) is 9.47 Å². The van der Waals surface area contributed by atoms with Gasteiger partial charge in [0, 0.05) is 12.0 Å². The van der Waals surface area contributed by atoms with E-state index in [1.165, 1.54) is 18.2 Å². The Bertz CT molecular complexity index is 1660. The van der Waals surface area contributed by atoms with E-state index in [2.05, 4.69) is 4.98 Å². The molecule has 3 aromatic carbocycles. The molecule has 0 amide bonds. The fraction of sp³-hybridized carbons (Fsp3) is 0.300. The molecule has 4 rings (SSSR count). The number of nitrogens with zero attached hydrogens (tertiary/aromatic N) is 2. The minimum atomic E-state index is -6.07. The van der Waals surface area contributed by atoms with Crippen molar-refractivity contribution in [2.45, 2.75) is 50.7 Å². The minimum Gasteiger partial charge on any atom is -0.482 e. The van der Waals surface area contributed by atoms with Gasteiger partial charge in [-0.2, -0.15) is 26.3 Å². The summed E-state index contributed by atoms with van der Waals surface area (Å²) in [7, 11) is 0. The largest absolute Gasteiger partial charge is 0.482 e. The lowest BCUT2D eigenvalue weighted by Gasteiger charge is -2.32. The van der Waals surface area contributed by atoms with E-state index >= 15 is 0 Å². The summed E-state index contributed by atoms with van der Waals surface area (Å²) in [6, 6.07) is 15.7. The molecule has 13 heteroatoms. The molecule has 0 radical (unpaired) electrons. The number of carbonyl (C=O) groups excluding carboxylic acids is 1. The molecule has 228 valence electrons. The quantitative estimate of drug-likeness (QED) is 0.204. The maximum atomic E-state index is 13.8. The molecule has 0 saturated heterocycles. The molecule has 0 saturated carbocycles. The zero-order valence-corrected chi connectivity index (χ0v) is 23.1. The standard InChI is InChI=1S/C30H26F6N2O5/c1-27(2,3)43-25(39)17-42-21-13-14-23-22(16-21)26(40)38(24(37-23)15-18-7-5-4-6-8-18)20-11-9-19(10-12-20)28(41,29(31,32)33)30(34,35)36/h4-14,16,41H,15,17H2,1-3H3. The molecule has 1 heterocycles. The van der Waals surface area contributed by atoms with Gasteiger partial charge in [0.25, 0.3) is 11.2 Å². The number of aromatic nitrogens is 2. The summed E-state index contributed by atoms with van der Waals surface area (Å²) >= 11 is 0. The molecule has 0 bridgehead atoms. The highest BCUT2D eigenvalue weighted by Crippen LogP contribution is 2.50. The van der Waals surface area contributed by atoms with Crippen molar-refractivity contribution in [1.82, 2.24) is 9.55 Å². The normalized spacial score (nSPS) is 12.8. The van der Waals surface area contributed by atoms with E-state index in [9.17, 15) is 41.0 Å². The Morgan fingerprint density at radius 2 is 1.49 bits per heavy atom. The van der Waals surface area contributed by atoms with E-state index < -0.39 is 47.3 Å². The number of alkyl halides is 6. The van der Waals surface area contributed by atoms with Crippen LogP contribution < -0.4 is 10.3 Å². The summed E-state index contributed by atoms with van der Waals surface area (Å²) in [6.07, 6.45) is -12.1. The van der Waals surface area contributed by atoms with Crippen molar-refractivity contribution in [3.63, 3.8) is 0 Å². The number of hydrogen-bond donors (Lipinski definition) is 1. The second-order valence-electron chi connectivity index (χ2n) is 10.6. The Morgan fingerprint density at radius 3 is 2.05 bits per heavy atom. The average Bonchev–Trinajstić information content (AvgIpc) is 2.90.